The van der Waals surface area contributed by atoms with Gasteiger partial charge in [-0.3, -0.25) is 14.7 Å². The molecule has 1 atom stereocenters. The molecule has 0 bridgehead atoms. The lowest BCUT2D eigenvalue weighted by Crippen LogP contribution is -2.39. The van der Waals surface area contributed by atoms with Crippen LogP contribution < -0.4 is 0 Å². The Hall–Kier alpha value is -2.72. The van der Waals surface area contributed by atoms with Crippen LogP contribution in [0.3, 0.4) is 0 Å². The van der Waals surface area contributed by atoms with Crippen LogP contribution in [0.2, 0.25) is 0 Å². The number of para-hydroxylation sites is 1. The highest BCUT2D eigenvalue weighted by Gasteiger charge is 2.30. The predicted molar refractivity (Wildman–Crippen MR) is 107 cm³/mol. The van der Waals surface area contributed by atoms with Gasteiger partial charge in [0.25, 0.3) is 0 Å². The second-order valence-electron chi connectivity index (χ2n) is 7.42. The molecule has 1 unspecified atom stereocenters. The van der Waals surface area contributed by atoms with Gasteiger partial charge in [-0.15, -0.1) is 0 Å². The molecule has 2 heterocycles. The van der Waals surface area contributed by atoms with Crippen LogP contribution in [0.15, 0.2) is 60.8 Å². The first-order chi connectivity index (χ1) is 13.1. The average molecular weight is 360 g/mol. The molecule has 4 heteroatoms. The van der Waals surface area contributed by atoms with E-state index < -0.39 is 5.97 Å². The van der Waals surface area contributed by atoms with E-state index in [1.165, 1.54) is 11.1 Å². The molecule has 1 aromatic heterocycles. The number of hydrogen-bond acceptors (Lipinski definition) is 3. The Kier molecular flexibility index (Phi) is 4.90. The monoisotopic (exact) mass is 360 g/mol. The normalized spacial score (nSPS) is 17.1. The Morgan fingerprint density at radius 3 is 2.48 bits per heavy atom. The fraction of sp³-hybridized carbons (Fsp3) is 0.304. The first-order valence-electron chi connectivity index (χ1n) is 9.50. The molecular formula is C23H24N2O2. The summed E-state index contributed by atoms with van der Waals surface area (Å²) in [6.45, 7) is 3.65. The van der Waals surface area contributed by atoms with Gasteiger partial charge < -0.3 is 5.11 Å². The standard InChI is InChI=1S/C23H24N2O2/c1-16-6-8-17(9-7-16)22(25-12-10-18(11-13-25)23(26)27)20-14-19-4-2-3-5-21(19)24-15-20/h2-9,14-15,18,22H,10-13H2,1H3,(H,26,27). The molecule has 27 heavy (non-hydrogen) atoms. The van der Waals surface area contributed by atoms with E-state index in [4.69, 9.17) is 0 Å². The van der Waals surface area contributed by atoms with Crippen molar-refractivity contribution in [2.24, 2.45) is 5.92 Å². The Morgan fingerprint density at radius 2 is 1.78 bits per heavy atom. The van der Waals surface area contributed by atoms with Crippen molar-refractivity contribution < 1.29 is 9.90 Å². The number of aryl methyl sites for hydroxylation is 1. The summed E-state index contributed by atoms with van der Waals surface area (Å²) in [6, 6.07) is 19.1. The SMILES string of the molecule is Cc1ccc(C(c2cnc3ccccc3c2)N2CCC(C(=O)O)CC2)cc1. The summed E-state index contributed by atoms with van der Waals surface area (Å²) in [5.74, 6) is -0.899. The van der Waals surface area contributed by atoms with Gasteiger partial charge in [0.1, 0.15) is 0 Å². The van der Waals surface area contributed by atoms with Crippen molar-refractivity contribution in [1.82, 2.24) is 9.88 Å². The summed E-state index contributed by atoms with van der Waals surface area (Å²) in [5, 5.41) is 10.4. The lowest BCUT2D eigenvalue weighted by molar-refractivity contribution is -0.143. The van der Waals surface area contributed by atoms with Crippen molar-refractivity contribution in [1.29, 1.82) is 0 Å². The van der Waals surface area contributed by atoms with Gasteiger partial charge in [0.2, 0.25) is 0 Å². The highest BCUT2D eigenvalue weighted by Crippen LogP contribution is 2.33. The van der Waals surface area contributed by atoms with E-state index in [0.29, 0.717) is 12.8 Å². The number of pyridine rings is 1. The minimum absolute atomic E-state index is 0.0949. The van der Waals surface area contributed by atoms with Crippen molar-refractivity contribution in [3.8, 4) is 0 Å². The number of likely N-dealkylation sites (tertiary alicyclic amines) is 1. The van der Waals surface area contributed by atoms with E-state index in [2.05, 4.69) is 53.2 Å². The van der Waals surface area contributed by atoms with Gasteiger partial charge in [-0.25, -0.2) is 0 Å². The number of carboxylic acids is 1. The molecule has 0 saturated carbocycles. The minimum atomic E-state index is -0.672. The maximum Gasteiger partial charge on any atom is 0.306 e. The number of hydrogen-bond donors (Lipinski definition) is 1. The van der Waals surface area contributed by atoms with E-state index in [1.54, 1.807) is 0 Å². The Bertz CT molecular complexity index is 944. The number of benzene rings is 2. The van der Waals surface area contributed by atoms with Crippen LogP contribution in [0.25, 0.3) is 10.9 Å². The van der Waals surface area contributed by atoms with E-state index in [9.17, 15) is 9.90 Å². The molecule has 1 saturated heterocycles. The van der Waals surface area contributed by atoms with E-state index >= 15 is 0 Å². The number of fused-ring (bicyclic) bond motifs is 1. The fourth-order valence-electron chi connectivity index (χ4n) is 4.01. The smallest absolute Gasteiger partial charge is 0.306 e. The van der Waals surface area contributed by atoms with Crippen molar-refractivity contribution in [3.63, 3.8) is 0 Å². The van der Waals surface area contributed by atoms with Gasteiger partial charge in [0, 0.05) is 11.6 Å². The van der Waals surface area contributed by atoms with Gasteiger partial charge in [-0.05, 0) is 56.1 Å². The first-order valence-corrected chi connectivity index (χ1v) is 9.50. The summed E-state index contributed by atoms with van der Waals surface area (Å²) in [4.78, 5) is 18.4. The number of carboxylic acid groups (broad SMARTS) is 1. The predicted octanol–water partition coefficient (Wildman–Crippen LogP) is 4.43. The fourth-order valence-corrected chi connectivity index (χ4v) is 4.01. The lowest BCUT2D eigenvalue weighted by atomic mass is 9.91. The van der Waals surface area contributed by atoms with E-state index in [-0.39, 0.29) is 12.0 Å². The third kappa shape index (κ3) is 3.71. The zero-order valence-corrected chi connectivity index (χ0v) is 15.5. The minimum Gasteiger partial charge on any atom is -0.481 e. The van der Waals surface area contributed by atoms with Crippen LogP contribution >= 0.6 is 0 Å². The summed E-state index contributed by atoms with van der Waals surface area (Å²) >= 11 is 0. The number of rotatable bonds is 4. The summed E-state index contributed by atoms with van der Waals surface area (Å²) in [5.41, 5.74) is 4.62. The summed E-state index contributed by atoms with van der Waals surface area (Å²) in [6.07, 6.45) is 3.35. The molecule has 4 nitrogen and oxygen atoms in total. The average Bonchev–Trinajstić information content (AvgIpc) is 2.70. The Balaban J connectivity index is 1.71. The third-order valence-electron chi connectivity index (χ3n) is 5.56. The van der Waals surface area contributed by atoms with Gasteiger partial charge in [-0.1, -0.05) is 48.0 Å². The molecule has 4 rings (SSSR count). The van der Waals surface area contributed by atoms with Crippen LogP contribution in [0, 0.1) is 12.8 Å². The van der Waals surface area contributed by atoms with Gasteiger partial charge in [0.15, 0.2) is 0 Å². The molecule has 1 aliphatic rings. The molecule has 0 amide bonds. The lowest BCUT2D eigenvalue weighted by Gasteiger charge is -2.37. The molecule has 2 aromatic carbocycles. The van der Waals surface area contributed by atoms with Crippen LogP contribution in [-0.2, 0) is 4.79 Å². The molecule has 1 fully saturated rings. The molecule has 3 aromatic rings. The maximum absolute atomic E-state index is 11.3. The number of aromatic nitrogens is 1. The van der Waals surface area contributed by atoms with Gasteiger partial charge >= 0.3 is 5.97 Å². The molecule has 0 radical (unpaired) electrons. The number of carbonyl (C=O) groups is 1. The van der Waals surface area contributed by atoms with Crippen LogP contribution in [0.4, 0.5) is 0 Å². The summed E-state index contributed by atoms with van der Waals surface area (Å²) < 4.78 is 0. The molecular weight excluding hydrogens is 336 g/mol. The first kappa shape index (κ1) is 17.7. The van der Waals surface area contributed by atoms with Crippen molar-refractivity contribution in [2.75, 3.05) is 13.1 Å². The number of piperidine rings is 1. The number of aliphatic carboxylic acids is 1. The van der Waals surface area contributed by atoms with Gasteiger partial charge in [0.05, 0.1) is 17.5 Å². The summed E-state index contributed by atoms with van der Waals surface area (Å²) in [7, 11) is 0. The van der Waals surface area contributed by atoms with Crippen LogP contribution in [-0.4, -0.2) is 34.0 Å². The van der Waals surface area contributed by atoms with Crippen molar-refractivity contribution in [3.05, 3.63) is 77.5 Å². The highest BCUT2D eigenvalue weighted by molar-refractivity contribution is 5.79. The molecule has 0 aliphatic carbocycles. The van der Waals surface area contributed by atoms with Gasteiger partial charge in [-0.2, -0.15) is 0 Å². The van der Waals surface area contributed by atoms with Crippen molar-refractivity contribution >= 4 is 16.9 Å². The van der Waals surface area contributed by atoms with E-state index in [1.807, 2.05) is 24.4 Å². The van der Waals surface area contributed by atoms with Crippen LogP contribution in [0.5, 0.6) is 0 Å². The van der Waals surface area contributed by atoms with Crippen LogP contribution in [0.1, 0.15) is 35.6 Å². The molecule has 1 N–H and O–H groups in total. The zero-order chi connectivity index (χ0) is 18.8. The topological polar surface area (TPSA) is 53.4 Å². The number of nitrogens with zero attached hydrogens (tertiary/aromatic N) is 2. The largest absolute Gasteiger partial charge is 0.481 e. The zero-order valence-electron chi connectivity index (χ0n) is 15.5. The molecule has 1 aliphatic heterocycles. The quantitative estimate of drug-likeness (QED) is 0.748. The van der Waals surface area contributed by atoms with E-state index in [0.717, 1.165) is 29.6 Å². The highest BCUT2D eigenvalue weighted by atomic mass is 16.4. The third-order valence-corrected chi connectivity index (χ3v) is 5.56. The maximum atomic E-state index is 11.3. The van der Waals surface area contributed by atoms with Crippen molar-refractivity contribution in [2.45, 2.75) is 25.8 Å². The molecule has 138 valence electrons. The Morgan fingerprint density at radius 1 is 1.07 bits per heavy atom. The second-order valence-corrected chi connectivity index (χ2v) is 7.42. The molecule has 0 spiro atoms. The Labute approximate surface area is 159 Å². The second kappa shape index (κ2) is 7.49.